The average Bonchev–Trinajstić information content (AvgIpc) is 2.36. The molecule has 2 heteroatoms. The lowest BCUT2D eigenvalue weighted by molar-refractivity contribution is 0.0571. The second-order valence-electron chi connectivity index (χ2n) is 5.67. The smallest absolute Gasteiger partial charge is 0.0353 e. The van der Waals surface area contributed by atoms with E-state index in [1.165, 1.54) is 54.2 Å². The Labute approximate surface area is 118 Å². The number of benzene rings is 1. The van der Waals surface area contributed by atoms with E-state index < -0.39 is 0 Å². The standard InChI is InChI=1S/C15H20IN/c16-12-5-4-6-13(11-12)17-14-7-10-15(14)8-2-1-3-9-15/h4-6,11,14,17H,1-3,7-10H2. The average molecular weight is 341 g/mol. The van der Waals surface area contributed by atoms with Crippen LogP contribution in [0.1, 0.15) is 44.9 Å². The van der Waals surface area contributed by atoms with E-state index >= 15 is 0 Å². The first-order valence-electron chi connectivity index (χ1n) is 6.81. The van der Waals surface area contributed by atoms with Crippen molar-refractivity contribution in [2.24, 2.45) is 5.41 Å². The lowest BCUT2D eigenvalue weighted by Crippen LogP contribution is -2.50. The van der Waals surface area contributed by atoms with E-state index in [-0.39, 0.29) is 0 Å². The van der Waals surface area contributed by atoms with Crippen LogP contribution in [0.4, 0.5) is 5.69 Å². The van der Waals surface area contributed by atoms with E-state index in [4.69, 9.17) is 0 Å². The number of halogens is 1. The fourth-order valence-electron chi connectivity index (χ4n) is 3.56. The molecular weight excluding hydrogens is 321 g/mol. The van der Waals surface area contributed by atoms with E-state index in [9.17, 15) is 0 Å². The maximum atomic E-state index is 3.77. The Morgan fingerprint density at radius 3 is 2.59 bits per heavy atom. The molecule has 1 unspecified atom stereocenters. The molecule has 1 spiro atoms. The summed E-state index contributed by atoms with van der Waals surface area (Å²) in [5.74, 6) is 0. The number of rotatable bonds is 2. The van der Waals surface area contributed by atoms with Gasteiger partial charge in [0.15, 0.2) is 0 Å². The Hall–Kier alpha value is -0.250. The van der Waals surface area contributed by atoms with E-state index in [2.05, 4.69) is 52.2 Å². The summed E-state index contributed by atoms with van der Waals surface area (Å²) in [6, 6.07) is 9.51. The van der Waals surface area contributed by atoms with Crippen LogP contribution in [0.25, 0.3) is 0 Å². The Balaban J connectivity index is 1.69. The molecule has 2 aliphatic carbocycles. The van der Waals surface area contributed by atoms with Crippen LogP contribution < -0.4 is 5.32 Å². The van der Waals surface area contributed by atoms with Gasteiger partial charge in [-0.15, -0.1) is 0 Å². The third-order valence-corrected chi connectivity index (χ3v) is 5.36. The molecule has 0 aromatic heterocycles. The van der Waals surface area contributed by atoms with Gasteiger partial charge < -0.3 is 5.32 Å². The van der Waals surface area contributed by atoms with Crippen LogP contribution in [-0.4, -0.2) is 6.04 Å². The van der Waals surface area contributed by atoms with Gasteiger partial charge in [0.05, 0.1) is 0 Å². The van der Waals surface area contributed by atoms with Crippen molar-refractivity contribution in [2.75, 3.05) is 5.32 Å². The van der Waals surface area contributed by atoms with Crippen LogP contribution in [0.15, 0.2) is 24.3 Å². The van der Waals surface area contributed by atoms with Crippen molar-refractivity contribution >= 4 is 28.3 Å². The molecule has 92 valence electrons. The second kappa shape index (κ2) is 4.79. The zero-order valence-electron chi connectivity index (χ0n) is 10.2. The Morgan fingerprint density at radius 1 is 1.12 bits per heavy atom. The van der Waals surface area contributed by atoms with Gasteiger partial charge in [-0.1, -0.05) is 25.3 Å². The maximum absolute atomic E-state index is 3.77. The van der Waals surface area contributed by atoms with Crippen LogP contribution in [0.5, 0.6) is 0 Å². The Morgan fingerprint density at radius 2 is 1.94 bits per heavy atom. The maximum Gasteiger partial charge on any atom is 0.0353 e. The van der Waals surface area contributed by atoms with Crippen LogP contribution in [0.3, 0.4) is 0 Å². The number of nitrogens with one attached hydrogen (secondary N) is 1. The number of hydrogen-bond acceptors (Lipinski definition) is 1. The molecule has 1 N–H and O–H groups in total. The van der Waals surface area contributed by atoms with Gasteiger partial charge in [0.1, 0.15) is 0 Å². The van der Waals surface area contributed by atoms with Crippen molar-refractivity contribution in [1.82, 2.24) is 0 Å². The molecule has 2 aliphatic rings. The van der Waals surface area contributed by atoms with Crippen LogP contribution >= 0.6 is 22.6 Å². The molecule has 0 bridgehead atoms. The van der Waals surface area contributed by atoms with E-state index in [1.807, 2.05) is 0 Å². The molecule has 2 saturated carbocycles. The van der Waals surface area contributed by atoms with Gasteiger partial charge in [-0.2, -0.15) is 0 Å². The van der Waals surface area contributed by atoms with Crippen molar-refractivity contribution in [2.45, 2.75) is 51.0 Å². The molecule has 1 aromatic carbocycles. The van der Waals surface area contributed by atoms with Crippen LogP contribution in [0, 0.1) is 8.99 Å². The molecule has 0 heterocycles. The van der Waals surface area contributed by atoms with Crippen molar-refractivity contribution in [3.8, 4) is 0 Å². The third-order valence-electron chi connectivity index (χ3n) is 4.68. The van der Waals surface area contributed by atoms with Gasteiger partial charge in [-0.3, -0.25) is 0 Å². The molecule has 2 fully saturated rings. The predicted molar refractivity (Wildman–Crippen MR) is 81.3 cm³/mol. The lowest BCUT2D eigenvalue weighted by Gasteiger charge is -2.52. The summed E-state index contributed by atoms with van der Waals surface area (Å²) in [5.41, 5.74) is 1.96. The first-order chi connectivity index (χ1) is 8.28. The molecule has 0 amide bonds. The quantitative estimate of drug-likeness (QED) is 0.761. The molecule has 1 atom stereocenters. The van der Waals surface area contributed by atoms with Gasteiger partial charge >= 0.3 is 0 Å². The first-order valence-corrected chi connectivity index (χ1v) is 7.89. The van der Waals surface area contributed by atoms with E-state index in [1.54, 1.807) is 0 Å². The van der Waals surface area contributed by atoms with Crippen molar-refractivity contribution < 1.29 is 0 Å². The van der Waals surface area contributed by atoms with Crippen molar-refractivity contribution in [3.05, 3.63) is 27.8 Å². The monoisotopic (exact) mass is 341 g/mol. The van der Waals surface area contributed by atoms with Crippen LogP contribution in [-0.2, 0) is 0 Å². The largest absolute Gasteiger partial charge is 0.382 e. The first kappa shape index (κ1) is 11.8. The molecule has 0 aliphatic heterocycles. The van der Waals surface area contributed by atoms with Gasteiger partial charge in [0.25, 0.3) is 0 Å². The summed E-state index contributed by atoms with van der Waals surface area (Å²) in [4.78, 5) is 0. The normalized spacial score (nSPS) is 26.5. The lowest BCUT2D eigenvalue weighted by atomic mass is 9.57. The minimum atomic E-state index is 0.652. The summed E-state index contributed by atoms with van der Waals surface area (Å²) in [7, 11) is 0. The molecule has 1 aromatic rings. The minimum Gasteiger partial charge on any atom is -0.382 e. The number of anilines is 1. The zero-order chi connectivity index (χ0) is 11.7. The Kier molecular flexibility index (Phi) is 3.33. The highest BCUT2D eigenvalue weighted by Gasteiger charge is 2.46. The fourth-order valence-corrected chi connectivity index (χ4v) is 4.10. The van der Waals surface area contributed by atoms with Crippen molar-refractivity contribution in [3.63, 3.8) is 0 Å². The predicted octanol–water partition coefficient (Wildman–Crippen LogP) is 4.82. The highest BCUT2D eigenvalue weighted by Crippen LogP contribution is 2.52. The molecule has 0 saturated heterocycles. The fraction of sp³-hybridized carbons (Fsp3) is 0.600. The summed E-state index contributed by atoms with van der Waals surface area (Å²) < 4.78 is 1.32. The second-order valence-corrected chi connectivity index (χ2v) is 6.91. The van der Waals surface area contributed by atoms with Crippen LogP contribution in [0.2, 0.25) is 0 Å². The molecule has 0 radical (unpaired) electrons. The third kappa shape index (κ3) is 2.33. The topological polar surface area (TPSA) is 12.0 Å². The zero-order valence-corrected chi connectivity index (χ0v) is 12.4. The summed E-state index contributed by atoms with van der Waals surface area (Å²) in [6.45, 7) is 0. The van der Waals surface area contributed by atoms with E-state index in [0.717, 1.165) is 6.04 Å². The van der Waals surface area contributed by atoms with E-state index in [0.29, 0.717) is 5.41 Å². The summed E-state index contributed by atoms with van der Waals surface area (Å²) >= 11 is 2.39. The molecular formula is C15H20IN. The van der Waals surface area contributed by atoms with Gasteiger partial charge in [0.2, 0.25) is 0 Å². The van der Waals surface area contributed by atoms with Gasteiger partial charge in [-0.05, 0) is 71.9 Å². The molecule has 3 rings (SSSR count). The molecule has 17 heavy (non-hydrogen) atoms. The SMILES string of the molecule is Ic1cccc(NC2CCC23CCCCC3)c1. The molecule has 1 nitrogen and oxygen atoms in total. The summed E-state index contributed by atoms with van der Waals surface area (Å²) in [5, 5.41) is 3.77. The highest BCUT2D eigenvalue weighted by atomic mass is 127. The highest BCUT2D eigenvalue weighted by molar-refractivity contribution is 14.1. The minimum absolute atomic E-state index is 0.652. The Bertz CT molecular complexity index is 396. The summed E-state index contributed by atoms with van der Waals surface area (Å²) in [6.07, 6.45) is 10.1. The number of hydrogen-bond donors (Lipinski definition) is 1. The van der Waals surface area contributed by atoms with Crippen molar-refractivity contribution in [1.29, 1.82) is 0 Å². The van der Waals surface area contributed by atoms with Gasteiger partial charge in [-0.25, -0.2) is 0 Å². The van der Waals surface area contributed by atoms with Gasteiger partial charge in [0, 0.05) is 15.3 Å².